The second kappa shape index (κ2) is 7.56. The maximum Gasteiger partial charge on any atom is 0.261 e. The van der Waals surface area contributed by atoms with Gasteiger partial charge in [0.15, 0.2) is 0 Å². The maximum absolute atomic E-state index is 12.8. The van der Waals surface area contributed by atoms with Crippen LogP contribution in [0.3, 0.4) is 0 Å². The van der Waals surface area contributed by atoms with Crippen molar-refractivity contribution >= 4 is 50.1 Å². The van der Waals surface area contributed by atoms with Gasteiger partial charge in [-0.2, -0.15) is 0 Å². The molecule has 0 bridgehead atoms. The van der Waals surface area contributed by atoms with Gasteiger partial charge in [0, 0.05) is 39.6 Å². The van der Waals surface area contributed by atoms with Gasteiger partial charge in [0.25, 0.3) is 11.8 Å². The zero-order chi connectivity index (χ0) is 19.7. The van der Waals surface area contributed by atoms with E-state index >= 15 is 0 Å². The number of amides is 3. The van der Waals surface area contributed by atoms with Gasteiger partial charge in [-0.15, -0.1) is 0 Å². The Balaban J connectivity index is 1.44. The first-order valence-electron chi connectivity index (χ1n) is 8.98. The van der Waals surface area contributed by atoms with Crippen LogP contribution >= 0.6 is 15.9 Å². The monoisotopic (exact) mass is 436 g/mol. The molecule has 4 rings (SSSR count). The van der Waals surface area contributed by atoms with Gasteiger partial charge in [0.1, 0.15) is 0 Å². The lowest BCUT2D eigenvalue weighted by molar-refractivity contribution is -0.116. The third-order valence-electron chi connectivity index (χ3n) is 4.75. The predicted octanol–water partition coefficient (Wildman–Crippen LogP) is 4.62. The highest BCUT2D eigenvalue weighted by molar-refractivity contribution is 9.10. The number of hydrogen-bond donors (Lipinski definition) is 1. The summed E-state index contributed by atoms with van der Waals surface area (Å²) in [7, 11) is 0. The number of hydrogen-bond acceptors (Lipinski definition) is 3. The highest BCUT2D eigenvalue weighted by Gasteiger charge is 2.32. The fourth-order valence-electron chi connectivity index (χ4n) is 3.47. The fourth-order valence-corrected chi connectivity index (χ4v) is 3.87. The molecule has 0 aromatic heterocycles. The Kier molecular flexibility index (Phi) is 4.96. The zero-order valence-electron chi connectivity index (χ0n) is 14.9. The topological polar surface area (TPSA) is 66.5 Å². The Morgan fingerprint density at radius 3 is 2.21 bits per heavy atom. The van der Waals surface area contributed by atoms with Crippen LogP contribution in [0.4, 0.5) is 5.69 Å². The molecule has 3 amide bonds. The molecule has 0 atom stereocenters. The van der Waals surface area contributed by atoms with E-state index in [9.17, 15) is 14.4 Å². The van der Waals surface area contributed by atoms with Crippen LogP contribution in [0, 0.1) is 0 Å². The number of imide groups is 1. The van der Waals surface area contributed by atoms with Crippen LogP contribution in [0.25, 0.3) is 10.8 Å². The maximum atomic E-state index is 12.8. The van der Waals surface area contributed by atoms with E-state index in [1.807, 2.05) is 42.5 Å². The minimum atomic E-state index is -0.304. The molecule has 3 aromatic carbocycles. The van der Waals surface area contributed by atoms with Crippen molar-refractivity contribution in [1.29, 1.82) is 0 Å². The molecule has 1 aliphatic heterocycles. The molecule has 28 heavy (non-hydrogen) atoms. The van der Waals surface area contributed by atoms with Gasteiger partial charge >= 0.3 is 0 Å². The van der Waals surface area contributed by atoms with Crippen molar-refractivity contribution in [3.05, 3.63) is 76.3 Å². The minimum Gasteiger partial charge on any atom is -0.326 e. The first kappa shape index (κ1) is 18.4. The first-order valence-corrected chi connectivity index (χ1v) is 9.77. The van der Waals surface area contributed by atoms with Crippen LogP contribution in [-0.2, 0) is 4.79 Å². The predicted molar refractivity (Wildman–Crippen MR) is 111 cm³/mol. The number of halogens is 1. The SMILES string of the molecule is O=C(CCCN1C(=O)c2cccc3cccc(c23)C1=O)Nc1cccc(Br)c1. The number of nitrogens with zero attached hydrogens (tertiary/aromatic N) is 1. The molecule has 0 aliphatic carbocycles. The molecule has 0 radical (unpaired) electrons. The minimum absolute atomic E-state index is 0.155. The Morgan fingerprint density at radius 2 is 1.57 bits per heavy atom. The quantitative estimate of drug-likeness (QED) is 0.593. The molecule has 0 fully saturated rings. The number of rotatable bonds is 5. The van der Waals surface area contributed by atoms with Crippen LogP contribution in [0.2, 0.25) is 0 Å². The van der Waals surface area contributed by atoms with Gasteiger partial charge in [-0.3, -0.25) is 19.3 Å². The van der Waals surface area contributed by atoms with E-state index in [4.69, 9.17) is 0 Å². The number of benzene rings is 3. The van der Waals surface area contributed by atoms with Crippen LogP contribution in [0.1, 0.15) is 33.6 Å². The van der Waals surface area contributed by atoms with E-state index in [1.54, 1.807) is 18.2 Å². The molecular formula is C22H17BrN2O3. The fraction of sp³-hybridized carbons (Fsp3) is 0.136. The number of nitrogens with one attached hydrogen (secondary N) is 1. The first-order chi connectivity index (χ1) is 13.5. The summed E-state index contributed by atoms with van der Waals surface area (Å²) in [4.78, 5) is 39.0. The van der Waals surface area contributed by atoms with E-state index in [0.29, 0.717) is 28.6 Å². The molecular weight excluding hydrogens is 420 g/mol. The molecule has 140 valence electrons. The zero-order valence-corrected chi connectivity index (χ0v) is 16.5. The highest BCUT2D eigenvalue weighted by Crippen LogP contribution is 2.30. The van der Waals surface area contributed by atoms with Gasteiger partial charge in [0.2, 0.25) is 5.91 Å². The van der Waals surface area contributed by atoms with E-state index in [2.05, 4.69) is 21.2 Å². The summed E-state index contributed by atoms with van der Waals surface area (Å²) < 4.78 is 0.877. The summed E-state index contributed by atoms with van der Waals surface area (Å²) in [5.74, 6) is -0.763. The van der Waals surface area contributed by atoms with Crippen molar-refractivity contribution in [3.63, 3.8) is 0 Å². The van der Waals surface area contributed by atoms with Crippen LogP contribution in [0.5, 0.6) is 0 Å². The van der Waals surface area contributed by atoms with E-state index < -0.39 is 0 Å². The lowest BCUT2D eigenvalue weighted by atomic mass is 9.94. The lowest BCUT2D eigenvalue weighted by Gasteiger charge is -2.27. The van der Waals surface area contributed by atoms with Crippen molar-refractivity contribution < 1.29 is 14.4 Å². The van der Waals surface area contributed by atoms with Gasteiger partial charge in [-0.05, 0) is 42.1 Å². The molecule has 1 N–H and O–H groups in total. The molecule has 0 spiro atoms. The molecule has 0 unspecified atom stereocenters. The average molecular weight is 437 g/mol. The molecule has 6 heteroatoms. The normalized spacial score (nSPS) is 13.1. The number of carbonyl (C=O) groups is 3. The van der Waals surface area contributed by atoms with Crippen molar-refractivity contribution in [2.75, 3.05) is 11.9 Å². The largest absolute Gasteiger partial charge is 0.326 e. The average Bonchev–Trinajstić information content (AvgIpc) is 2.68. The van der Waals surface area contributed by atoms with Gasteiger partial charge in [-0.1, -0.05) is 46.3 Å². The second-order valence-corrected chi connectivity index (χ2v) is 7.55. The lowest BCUT2D eigenvalue weighted by Crippen LogP contribution is -2.41. The number of anilines is 1. The van der Waals surface area contributed by atoms with Crippen molar-refractivity contribution in [2.45, 2.75) is 12.8 Å². The Hall–Kier alpha value is -2.99. The summed E-state index contributed by atoms with van der Waals surface area (Å²) in [6, 6.07) is 18.2. The van der Waals surface area contributed by atoms with Crippen molar-refractivity contribution in [1.82, 2.24) is 4.90 Å². The standard InChI is InChI=1S/C22H17BrN2O3/c23-15-7-3-8-16(13-15)24-19(26)11-4-12-25-21(27)17-9-1-5-14-6-2-10-18(20(14)17)22(25)28/h1-3,5-10,13H,4,11-12H2,(H,24,26). The second-order valence-electron chi connectivity index (χ2n) is 6.63. The van der Waals surface area contributed by atoms with E-state index in [0.717, 1.165) is 9.86 Å². The van der Waals surface area contributed by atoms with E-state index in [-0.39, 0.29) is 30.7 Å². The smallest absolute Gasteiger partial charge is 0.261 e. The van der Waals surface area contributed by atoms with E-state index in [1.165, 1.54) is 4.90 Å². The third kappa shape index (κ3) is 3.43. The van der Waals surface area contributed by atoms with Gasteiger partial charge in [-0.25, -0.2) is 0 Å². The van der Waals surface area contributed by atoms with Crippen molar-refractivity contribution in [3.8, 4) is 0 Å². The van der Waals surface area contributed by atoms with Crippen molar-refractivity contribution in [2.24, 2.45) is 0 Å². The molecule has 0 saturated carbocycles. The number of carbonyl (C=O) groups excluding carboxylic acids is 3. The molecule has 1 heterocycles. The molecule has 3 aromatic rings. The molecule has 1 aliphatic rings. The summed E-state index contributed by atoms with van der Waals surface area (Å²) in [5, 5.41) is 4.41. The highest BCUT2D eigenvalue weighted by atomic mass is 79.9. The van der Waals surface area contributed by atoms with Gasteiger partial charge in [0.05, 0.1) is 0 Å². The van der Waals surface area contributed by atoms with Gasteiger partial charge < -0.3 is 5.32 Å². The Labute approximate surface area is 170 Å². The van der Waals surface area contributed by atoms with Crippen LogP contribution < -0.4 is 5.32 Å². The summed E-state index contributed by atoms with van der Waals surface area (Å²) in [6.45, 7) is 0.203. The third-order valence-corrected chi connectivity index (χ3v) is 5.24. The summed E-state index contributed by atoms with van der Waals surface area (Å²) >= 11 is 3.36. The summed E-state index contributed by atoms with van der Waals surface area (Å²) in [5.41, 5.74) is 1.77. The Morgan fingerprint density at radius 1 is 0.929 bits per heavy atom. The summed E-state index contributed by atoms with van der Waals surface area (Å²) in [6.07, 6.45) is 0.616. The van der Waals surface area contributed by atoms with Crippen LogP contribution in [-0.4, -0.2) is 29.2 Å². The Bertz CT molecular complexity index is 1060. The molecule has 5 nitrogen and oxygen atoms in total. The molecule has 0 saturated heterocycles. The van der Waals surface area contributed by atoms with Crippen LogP contribution in [0.15, 0.2) is 65.1 Å².